The summed E-state index contributed by atoms with van der Waals surface area (Å²) in [7, 11) is 1.84. The van der Waals surface area contributed by atoms with Gasteiger partial charge in [-0.1, -0.05) is 32.0 Å². The highest BCUT2D eigenvalue weighted by molar-refractivity contribution is 7.09. The Kier molecular flexibility index (Phi) is 6.37. The number of hydrogen-bond acceptors (Lipinski definition) is 4. The fourth-order valence-electron chi connectivity index (χ4n) is 4.33. The molecule has 0 aliphatic carbocycles. The van der Waals surface area contributed by atoms with E-state index >= 15 is 0 Å². The van der Waals surface area contributed by atoms with Crippen LogP contribution >= 0.6 is 11.3 Å². The van der Waals surface area contributed by atoms with E-state index in [9.17, 15) is 4.79 Å². The molecule has 2 aliphatic heterocycles. The van der Waals surface area contributed by atoms with Crippen molar-refractivity contribution in [3.05, 3.63) is 45.9 Å². The van der Waals surface area contributed by atoms with Gasteiger partial charge in [0.25, 0.3) is 0 Å². The zero-order valence-electron chi connectivity index (χ0n) is 18.1. The molecule has 2 aliphatic rings. The average molecular weight is 426 g/mol. The van der Waals surface area contributed by atoms with Gasteiger partial charge >= 0.3 is 0 Å². The molecule has 30 heavy (non-hydrogen) atoms. The molecule has 2 aromatic rings. The summed E-state index contributed by atoms with van der Waals surface area (Å²) in [5, 5.41) is 6.80. The topological polar surface area (TPSA) is 60.8 Å². The van der Waals surface area contributed by atoms with Gasteiger partial charge in [0, 0.05) is 56.0 Å². The number of amides is 1. The van der Waals surface area contributed by atoms with Crippen LogP contribution in [-0.4, -0.2) is 48.4 Å². The van der Waals surface area contributed by atoms with Gasteiger partial charge in [0.2, 0.25) is 5.91 Å². The lowest BCUT2D eigenvalue weighted by atomic mass is 9.98. The molecule has 1 amide bonds. The number of carbonyl (C=O) groups excluding carboxylic acids is 1. The third-order valence-electron chi connectivity index (χ3n) is 5.95. The molecule has 0 spiro atoms. The molecule has 0 saturated carbocycles. The summed E-state index contributed by atoms with van der Waals surface area (Å²) in [4.78, 5) is 25.6. The van der Waals surface area contributed by atoms with E-state index in [2.05, 4.69) is 58.7 Å². The largest absolute Gasteiger partial charge is 0.350 e. The van der Waals surface area contributed by atoms with Crippen LogP contribution in [0.1, 0.15) is 61.2 Å². The Labute approximate surface area is 183 Å². The van der Waals surface area contributed by atoms with Gasteiger partial charge in [0.05, 0.1) is 17.2 Å². The second-order valence-corrected chi connectivity index (χ2v) is 9.26. The summed E-state index contributed by atoms with van der Waals surface area (Å²) in [6.07, 6.45) is 2.69. The molecule has 6 nitrogen and oxygen atoms in total. The van der Waals surface area contributed by atoms with Crippen molar-refractivity contribution in [1.82, 2.24) is 15.2 Å². The summed E-state index contributed by atoms with van der Waals surface area (Å²) in [5.74, 6) is 2.04. The minimum absolute atomic E-state index is 0.305. The first-order chi connectivity index (χ1) is 14.6. The molecular weight excluding hydrogens is 394 g/mol. The number of benzene rings is 1. The summed E-state index contributed by atoms with van der Waals surface area (Å²) < 4.78 is 0. The van der Waals surface area contributed by atoms with E-state index in [1.54, 1.807) is 11.3 Å². The van der Waals surface area contributed by atoms with Crippen LogP contribution in [-0.2, 0) is 11.3 Å². The number of rotatable bonds is 6. The maximum absolute atomic E-state index is 12.0. The molecular formula is C23H31N5OS. The van der Waals surface area contributed by atoms with E-state index in [-0.39, 0.29) is 0 Å². The number of aliphatic imine (C=N–C) groups is 1. The van der Waals surface area contributed by atoms with Crippen molar-refractivity contribution >= 4 is 28.9 Å². The maximum Gasteiger partial charge on any atom is 0.222 e. The fourth-order valence-corrected chi connectivity index (χ4v) is 5.16. The monoisotopic (exact) mass is 425 g/mol. The first-order valence-electron chi connectivity index (χ1n) is 10.9. The highest BCUT2D eigenvalue weighted by Gasteiger charge is 2.32. The second kappa shape index (κ2) is 9.16. The van der Waals surface area contributed by atoms with E-state index < -0.39 is 0 Å². The molecule has 4 rings (SSSR count). The van der Waals surface area contributed by atoms with E-state index in [1.165, 1.54) is 16.3 Å². The number of likely N-dealkylation sites (tertiary alicyclic amines) is 1. The molecule has 1 unspecified atom stereocenters. The van der Waals surface area contributed by atoms with Gasteiger partial charge in [-0.15, -0.1) is 11.3 Å². The molecule has 160 valence electrons. The van der Waals surface area contributed by atoms with Crippen molar-refractivity contribution in [2.45, 2.75) is 51.5 Å². The van der Waals surface area contributed by atoms with Crippen molar-refractivity contribution in [1.29, 1.82) is 0 Å². The third kappa shape index (κ3) is 4.36. The smallest absolute Gasteiger partial charge is 0.222 e. The number of thiazole rings is 1. The lowest BCUT2D eigenvalue weighted by molar-refractivity contribution is -0.127. The predicted octanol–water partition coefficient (Wildman–Crippen LogP) is 3.96. The van der Waals surface area contributed by atoms with Crippen molar-refractivity contribution < 1.29 is 4.79 Å². The molecule has 1 fully saturated rings. The summed E-state index contributed by atoms with van der Waals surface area (Å²) in [5.41, 5.74) is 3.62. The van der Waals surface area contributed by atoms with Gasteiger partial charge in [0.15, 0.2) is 5.96 Å². The van der Waals surface area contributed by atoms with Crippen LogP contribution < -0.4 is 10.2 Å². The summed E-state index contributed by atoms with van der Waals surface area (Å²) in [6.45, 7) is 7.65. The van der Waals surface area contributed by atoms with E-state index in [4.69, 9.17) is 4.98 Å². The molecule has 7 heteroatoms. The lowest BCUT2D eigenvalue weighted by Crippen LogP contribution is -2.40. The predicted molar refractivity (Wildman–Crippen MR) is 123 cm³/mol. The number of anilines is 1. The van der Waals surface area contributed by atoms with Crippen LogP contribution in [0.2, 0.25) is 0 Å². The lowest BCUT2D eigenvalue weighted by Gasteiger charge is -2.23. The number of carbonyl (C=O) groups is 1. The van der Waals surface area contributed by atoms with Crippen LogP contribution in [0.3, 0.4) is 0 Å². The van der Waals surface area contributed by atoms with Crippen molar-refractivity contribution in [3.8, 4) is 0 Å². The Bertz CT molecular complexity index is 922. The first-order valence-corrected chi connectivity index (χ1v) is 11.7. The van der Waals surface area contributed by atoms with Gasteiger partial charge in [0.1, 0.15) is 0 Å². The van der Waals surface area contributed by atoms with E-state index in [0.29, 0.717) is 30.7 Å². The van der Waals surface area contributed by atoms with Crippen LogP contribution in [0.25, 0.3) is 0 Å². The van der Waals surface area contributed by atoms with E-state index in [0.717, 1.165) is 44.1 Å². The van der Waals surface area contributed by atoms with Gasteiger partial charge in [-0.05, 0) is 24.5 Å². The summed E-state index contributed by atoms with van der Waals surface area (Å²) >= 11 is 1.72. The number of hydrogen-bond donors (Lipinski definition) is 1. The van der Waals surface area contributed by atoms with E-state index in [1.807, 2.05) is 11.9 Å². The van der Waals surface area contributed by atoms with Gasteiger partial charge < -0.3 is 15.1 Å². The van der Waals surface area contributed by atoms with Crippen molar-refractivity contribution in [3.63, 3.8) is 0 Å². The maximum atomic E-state index is 12.0. The zero-order chi connectivity index (χ0) is 21.1. The number of guanidine groups is 1. The quantitative estimate of drug-likeness (QED) is 0.562. The SMILES string of the molecule is CN=C(NCc1csc(C(C)C)n1)N1CC(CCN2CCCC2=O)c2ccccc21. The molecule has 1 N–H and O–H groups in total. The Morgan fingerprint density at radius 2 is 2.20 bits per heavy atom. The fraction of sp³-hybridized carbons (Fsp3) is 0.522. The number of aromatic nitrogens is 1. The molecule has 0 bridgehead atoms. The van der Waals surface area contributed by atoms with Crippen LogP contribution in [0.15, 0.2) is 34.6 Å². The van der Waals surface area contributed by atoms with Gasteiger partial charge in [-0.2, -0.15) is 0 Å². The number of nitrogens with one attached hydrogen (secondary N) is 1. The Balaban J connectivity index is 1.43. The number of fused-ring (bicyclic) bond motifs is 1. The normalized spacial score (nSPS) is 19.1. The molecule has 1 aromatic carbocycles. The number of nitrogens with zero attached hydrogens (tertiary/aromatic N) is 4. The first kappa shape index (κ1) is 20.8. The molecule has 0 radical (unpaired) electrons. The van der Waals surface area contributed by atoms with Crippen LogP contribution in [0, 0.1) is 0 Å². The van der Waals surface area contributed by atoms with Crippen LogP contribution in [0.5, 0.6) is 0 Å². The highest BCUT2D eigenvalue weighted by Crippen LogP contribution is 2.38. The second-order valence-electron chi connectivity index (χ2n) is 8.37. The molecule has 3 heterocycles. The Hall–Kier alpha value is -2.41. The average Bonchev–Trinajstić information content (AvgIpc) is 3.46. The van der Waals surface area contributed by atoms with Gasteiger partial charge in [-0.3, -0.25) is 9.79 Å². The summed E-state index contributed by atoms with van der Waals surface area (Å²) in [6, 6.07) is 8.58. The van der Waals surface area contributed by atoms with Crippen LogP contribution in [0.4, 0.5) is 5.69 Å². The zero-order valence-corrected chi connectivity index (χ0v) is 18.9. The Morgan fingerprint density at radius 1 is 1.37 bits per heavy atom. The minimum Gasteiger partial charge on any atom is -0.350 e. The Morgan fingerprint density at radius 3 is 2.90 bits per heavy atom. The minimum atomic E-state index is 0.305. The molecule has 1 atom stereocenters. The van der Waals surface area contributed by atoms with Gasteiger partial charge in [-0.25, -0.2) is 4.98 Å². The molecule has 1 aromatic heterocycles. The third-order valence-corrected chi connectivity index (χ3v) is 7.14. The standard InChI is InChI=1S/C23H31N5OS/c1-16(2)22-26-18(15-30-22)13-25-23(24-3)28-14-17(19-7-4-5-8-20(19)28)10-12-27-11-6-9-21(27)29/h4-5,7-8,15-17H,6,9-14H2,1-3H3,(H,24,25). The number of para-hydroxylation sites is 1. The molecule has 1 saturated heterocycles. The van der Waals surface area contributed by atoms with Crippen molar-refractivity contribution in [2.24, 2.45) is 4.99 Å². The highest BCUT2D eigenvalue weighted by atomic mass is 32.1. The van der Waals surface area contributed by atoms with Crippen molar-refractivity contribution in [2.75, 3.05) is 31.6 Å².